The van der Waals surface area contributed by atoms with Gasteiger partial charge < -0.3 is 16.8 Å². The van der Waals surface area contributed by atoms with Crippen molar-refractivity contribution >= 4 is 28.3 Å². The number of anilines is 2. The van der Waals surface area contributed by atoms with Crippen LogP contribution in [0.5, 0.6) is 0 Å². The van der Waals surface area contributed by atoms with Crippen molar-refractivity contribution in [2.75, 3.05) is 17.6 Å². The molecular weight excluding hydrogens is 233 g/mol. The summed E-state index contributed by atoms with van der Waals surface area (Å²) in [7, 11) is 0. The van der Waals surface area contributed by atoms with Crippen LogP contribution in [0.25, 0.3) is 0 Å². The Morgan fingerprint density at radius 2 is 2.13 bits per heavy atom. The number of amides is 1. The number of primary amides is 1. The molecule has 0 saturated carbocycles. The van der Waals surface area contributed by atoms with Crippen molar-refractivity contribution < 1.29 is 18.0 Å². The molecule has 0 bridgehead atoms. The van der Waals surface area contributed by atoms with E-state index in [9.17, 15) is 18.0 Å². The Morgan fingerprint density at radius 3 is 2.60 bits per heavy atom. The minimum absolute atomic E-state index is 0.0719. The van der Waals surface area contributed by atoms with Gasteiger partial charge in [-0.25, -0.2) is 0 Å². The summed E-state index contributed by atoms with van der Waals surface area (Å²) in [5.74, 6) is -1.08. The third kappa shape index (κ3) is 2.98. The van der Waals surface area contributed by atoms with E-state index in [0.717, 1.165) is 0 Å². The maximum Gasteiger partial charge on any atom is 0.405 e. The Labute approximate surface area is 86.4 Å². The number of halogens is 3. The molecule has 9 heteroatoms. The highest BCUT2D eigenvalue weighted by Crippen LogP contribution is 2.27. The van der Waals surface area contributed by atoms with Gasteiger partial charge in [-0.05, 0) is 11.5 Å². The van der Waals surface area contributed by atoms with Crippen LogP contribution in [0.1, 0.15) is 10.4 Å². The Morgan fingerprint density at radius 1 is 1.53 bits per heavy atom. The van der Waals surface area contributed by atoms with E-state index in [1.807, 2.05) is 5.32 Å². The van der Waals surface area contributed by atoms with E-state index < -0.39 is 18.6 Å². The zero-order valence-electron chi connectivity index (χ0n) is 7.26. The first-order valence-corrected chi connectivity index (χ1v) is 4.44. The number of carbonyl (C=O) groups excluding carboxylic acids is 1. The van der Waals surface area contributed by atoms with Gasteiger partial charge in [-0.1, -0.05) is 0 Å². The molecule has 1 heterocycles. The first-order valence-electron chi connectivity index (χ1n) is 3.67. The summed E-state index contributed by atoms with van der Waals surface area (Å²) in [6.07, 6.45) is -4.38. The summed E-state index contributed by atoms with van der Waals surface area (Å²) in [5.41, 5.74) is 9.98. The van der Waals surface area contributed by atoms with Crippen LogP contribution in [0.15, 0.2) is 0 Å². The second-order valence-corrected chi connectivity index (χ2v) is 3.38. The number of nitrogen functional groups attached to an aromatic ring is 1. The highest BCUT2D eigenvalue weighted by Gasteiger charge is 2.28. The van der Waals surface area contributed by atoms with E-state index in [0.29, 0.717) is 11.5 Å². The molecule has 1 rings (SSSR count). The summed E-state index contributed by atoms with van der Waals surface area (Å²) >= 11 is 0.658. The monoisotopic (exact) mass is 240 g/mol. The molecule has 0 radical (unpaired) electrons. The van der Waals surface area contributed by atoms with Crippen LogP contribution in [-0.2, 0) is 0 Å². The van der Waals surface area contributed by atoms with Crippen molar-refractivity contribution in [2.45, 2.75) is 6.18 Å². The molecule has 0 aromatic carbocycles. The molecule has 1 aromatic rings. The Hall–Kier alpha value is -1.51. The third-order valence-electron chi connectivity index (χ3n) is 1.41. The molecule has 5 N–H and O–H groups in total. The Kier molecular flexibility index (Phi) is 3.03. The maximum absolute atomic E-state index is 11.9. The lowest BCUT2D eigenvalue weighted by molar-refractivity contribution is -0.115. The fraction of sp³-hybridized carbons (Fsp3) is 0.333. The lowest BCUT2D eigenvalue weighted by Crippen LogP contribution is -2.22. The molecule has 0 aliphatic heterocycles. The molecule has 15 heavy (non-hydrogen) atoms. The Balaban J connectivity index is 2.82. The number of nitrogens with two attached hydrogens (primary N) is 2. The van der Waals surface area contributed by atoms with Crippen LogP contribution in [0.2, 0.25) is 0 Å². The first kappa shape index (κ1) is 11.6. The number of alkyl halides is 3. The highest BCUT2D eigenvalue weighted by molar-refractivity contribution is 7.11. The minimum Gasteiger partial charge on any atom is -0.382 e. The van der Waals surface area contributed by atoms with Crippen molar-refractivity contribution in [1.29, 1.82) is 0 Å². The van der Waals surface area contributed by atoms with E-state index in [2.05, 4.69) is 4.37 Å². The number of nitrogens with one attached hydrogen (secondary N) is 1. The minimum atomic E-state index is -4.38. The number of aromatic nitrogens is 1. The van der Waals surface area contributed by atoms with Gasteiger partial charge in [0.15, 0.2) is 5.82 Å². The number of hydrogen-bond acceptors (Lipinski definition) is 5. The molecule has 5 nitrogen and oxygen atoms in total. The molecule has 84 valence electrons. The second-order valence-electron chi connectivity index (χ2n) is 2.60. The molecule has 0 unspecified atom stereocenters. The average Bonchev–Trinajstić information content (AvgIpc) is 2.42. The van der Waals surface area contributed by atoms with Gasteiger partial charge in [-0.3, -0.25) is 4.79 Å². The van der Waals surface area contributed by atoms with Gasteiger partial charge in [0.05, 0.1) is 0 Å². The smallest absolute Gasteiger partial charge is 0.382 e. The van der Waals surface area contributed by atoms with E-state index in [-0.39, 0.29) is 16.4 Å². The largest absolute Gasteiger partial charge is 0.405 e. The predicted molar refractivity (Wildman–Crippen MR) is 49.6 cm³/mol. The standard InChI is InChI=1S/C6H7F3N4OS/c7-6(8,9)1-12-5-2(4(11)14)3(10)13-15-5/h12H,1H2,(H2,10,13)(H2,11,14). The normalized spacial score (nSPS) is 11.4. The van der Waals surface area contributed by atoms with Crippen LogP contribution >= 0.6 is 11.5 Å². The fourth-order valence-corrected chi connectivity index (χ4v) is 1.56. The molecule has 0 aliphatic rings. The first-order chi connectivity index (χ1) is 6.81. The van der Waals surface area contributed by atoms with E-state index in [4.69, 9.17) is 11.5 Å². The van der Waals surface area contributed by atoms with Gasteiger partial charge in [-0.2, -0.15) is 17.5 Å². The number of rotatable bonds is 3. The van der Waals surface area contributed by atoms with Crippen LogP contribution in [0, 0.1) is 0 Å². The van der Waals surface area contributed by atoms with E-state index in [1.165, 1.54) is 0 Å². The average molecular weight is 240 g/mol. The topological polar surface area (TPSA) is 94.0 Å². The lowest BCUT2D eigenvalue weighted by atomic mass is 10.3. The summed E-state index contributed by atoms with van der Waals surface area (Å²) < 4.78 is 39.1. The molecular formula is C6H7F3N4OS. The van der Waals surface area contributed by atoms with Crippen molar-refractivity contribution in [3.63, 3.8) is 0 Å². The SMILES string of the molecule is NC(=O)c1c(N)nsc1NCC(F)(F)F. The van der Waals surface area contributed by atoms with Crippen molar-refractivity contribution in [3.8, 4) is 0 Å². The summed E-state index contributed by atoms with van der Waals surface area (Å²) in [4.78, 5) is 10.8. The number of nitrogens with zero attached hydrogens (tertiary/aromatic N) is 1. The lowest BCUT2D eigenvalue weighted by Gasteiger charge is -2.07. The zero-order chi connectivity index (χ0) is 11.6. The van der Waals surface area contributed by atoms with Crippen LogP contribution < -0.4 is 16.8 Å². The van der Waals surface area contributed by atoms with Gasteiger partial charge >= 0.3 is 6.18 Å². The van der Waals surface area contributed by atoms with Crippen LogP contribution in [0.3, 0.4) is 0 Å². The van der Waals surface area contributed by atoms with Gasteiger partial charge in [0, 0.05) is 0 Å². The summed E-state index contributed by atoms with van der Waals surface area (Å²) in [6.45, 7) is -1.27. The van der Waals surface area contributed by atoms with Gasteiger partial charge in [0.1, 0.15) is 17.1 Å². The van der Waals surface area contributed by atoms with Crippen LogP contribution in [-0.4, -0.2) is 23.0 Å². The van der Waals surface area contributed by atoms with Gasteiger partial charge in [-0.15, -0.1) is 0 Å². The number of hydrogen-bond donors (Lipinski definition) is 3. The molecule has 0 saturated heterocycles. The van der Waals surface area contributed by atoms with E-state index in [1.54, 1.807) is 0 Å². The van der Waals surface area contributed by atoms with Gasteiger partial charge in [0.2, 0.25) is 0 Å². The summed E-state index contributed by atoms with van der Waals surface area (Å²) in [6, 6.07) is 0. The highest BCUT2D eigenvalue weighted by atomic mass is 32.1. The molecule has 1 aromatic heterocycles. The molecule has 0 spiro atoms. The number of carbonyl (C=O) groups is 1. The molecule has 0 atom stereocenters. The maximum atomic E-state index is 11.9. The molecule has 0 aliphatic carbocycles. The molecule has 0 fully saturated rings. The van der Waals surface area contributed by atoms with Crippen molar-refractivity contribution in [1.82, 2.24) is 4.37 Å². The molecule has 1 amide bonds. The second kappa shape index (κ2) is 3.93. The van der Waals surface area contributed by atoms with Crippen molar-refractivity contribution in [2.24, 2.45) is 5.73 Å². The van der Waals surface area contributed by atoms with Crippen molar-refractivity contribution in [3.05, 3.63) is 5.56 Å². The Bertz CT molecular complexity index is 375. The van der Waals surface area contributed by atoms with Gasteiger partial charge in [0.25, 0.3) is 5.91 Å². The zero-order valence-corrected chi connectivity index (χ0v) is 8.08. The van der Waals surface area contributed by atoms with Crippen LogP contribution in [0.4, 0.5) is 24.0 Å². The fourth-order valence-electron chi connectivity index (χ4n) is 0.842. The third-order valence-corrected chi connectivity index (χ3v) is 2.23. The summed E-state index contributed by atoms with van der Waals surface area (Å²) in [5, 5.41) is 1.93. The van der Waals surface area contributed by atoms with E-state index >= 15 is 0 Å². The predicted octanol–water partition coefficient (Wildman–Crippen LogP) is 0.798. The quantitative estimate of drug-likeness (QED) is 0.728.